The Bertz CT molecular complexity index is 97.7. The van der Waals surface area contributed by atoms with Crippen molar-refractivity contribution in [1.29, 1.82) is 0 Å². The van der Waals surface area contributed by atoms with E-state index in [0.717, 1.165) is 11.2 Å². The van der Waals surface area contributed by atoms with Gasteiger partial charge in [0, 0.05) is 0 Å². The van der Waals surface area contributed by atoms with Crippen LogP contribution in [0.3, 0.4) is 0 Å². The Morgan fingerprint density at radius 1 is 1.55 bits per heavy atom. The summed E-state index contributed by atoms with van der Waals surface area (Å²) in [7, 11) is 0. The van der Waals surface area contributed by atoms with Crippen LogP contribution < -0.4 is 5.32 Å². The Labute approximate surface area is 74.3 Å². The minimum Gasteiger partial charge on any atom is -0.316 e. The lowest BCUT2D eigenvalue weighted by Gasteiger charge is -2.22. The summed E-state index contributed by atoms with van der Waals surface area (Å²) in [6, 6.07) is 0. The highest BCUT2D eigenvalue weighted by Gasteiger charge is 2.12. The summed E-state index contributed by atoms with van der Waals surface area (Å²) in [6.07, 6.45) is 2.82. The van der Waals surface area contributed by atoms with Crippen LogP contribution in [0.2, 0.25) is 0 Å². The van der Waals surface area contributed by atoms with Gasteiger partial charge in [-0.3, -0.25) is 0 Å². The van der Waals surface area contributed by atoms with Crippen LogP contribution in [0, 0.1) is 5.92 Å². The van der Waals surface area contributed by atoms with Gasteiger partial charge in [0.15, 0.2) is 0 Å². The minimum atomic E-state index is 0.803. The first kappa shape index (κ1) is 9.40. The van der Waals surface area contributed by atoms with Crippen molar-refractivity contribution in [1.82, 2.24) is 5.32 Å². The van der Waals surface area contributed by atoms with Gasteiger partial charge in [-0.2, -0.15) is 11.8 Å². The number of piperidine rings is 1. The molecule has 0 aromatic heterocycles. The molecule has 0 spiro atoms. The zero-order valence-electron chi connectivity index (χ0n) is 7.60. The maximum atomic E-state index is 3.45. The molecule has 1 heterocycles. The molecule has 1 rings (SSSR count). The number of hydrogen-bond acceptors (Lipinski definition) is 2. The van der Waals surface area contributed by atoms with Gasteiger partial charge in [-0.15, -0.1) is 0 Å². The van der Waals surface area contributed by atoms with Crippen molar-refractivity contribution in [2.45, 2.75) is 31.9 Å². The highest BCUT2D eigenvalue weighted by atomic mass is 32.2. The van der Waals surface area contributed by atoms with Gasteiger partial charge < -0.3 is 5.32 Å². The van der Waals surface area contributed by atoms with Gasteiger partial charge in [-0.1, -0.05) is 13.8 Å². The topological polar surface area (TPSA) is 12.0 Å². The van der Waals surface area contributed by atoms with E-state index in [9.17, 15) is 0 Å². The average molecular weight is 173 g/mol. The van der Waals surface area contributed by atoms with E-state index >= 15 is 0 Å². The number of hydrogen-bond donors (Lipinski definition) is 1. The molecule has 0 saturated carbocycles. The molecule has 0 bridgehead atoms. The van der Waals surface area contributed by atoms with Crippen molar-refractivity contribution >= 4 is 11.8 Å². The molecule has 1 fully saturated rings. The molecule has 66 valence electrons. The average Bonchev–Trinajstić information content (AvgIpc) is 2.03. The molecule has 1 N–H and O–H groups in total. The van der Waals surface area contributed by atoms with E-state index in [4.69, 9.17) is 0 Å². The fourth-order valence-electron chi connectivity index (χ4n) is 1.39. The fourth-order valence-corrected chi connectivity index (χ4v) is 2.34. The van der Waals surface area contributed by atoms with Crippen molar-refractivity contribution in [2.24, 2.45) is 5.92 Å². The van der Waals surface area contributed by atoms with E-state index in [1.54, 1.807) is 0 Å². The molecule has 2 heteroatoms. The maximum absolute atomic E-state index is 3.45. The SMILES string of the molecule is CC(C)SCC1CCCNC1. The molecule has 0 radical (unpaired) electrons. The van der Waals surface area contributed by atoms with Gasteiger partial charge in [0.25, 0.3) is 0 Å². The summed E-state index contributed by atoms with van der Waals surface area (Å²) in [4.78, 5) is 0. The first-order valence-corrected chi connectivity index (χ1v) is 5.66. The van der Waals surface area contributed by atoms with Crippen molar-refractivity contribution < 1.29 is 0 Å². The van der Waals surface area contributed by atoms with Crippen LogP contribution in [-0.4, -0.2) is 24.1 Å². The lowest BCUT2D eigenvalue weighted by molar-refractivity contribution is 0.410. The molecule has 1 aliphatic heterocycles. The summed E-state index contributed by atoms with van der Waals surface area (Å²) in [5.74, 6) is 2.29. The molecule has 1 saturated heterocycles. The molecular weight excluding hydrogens is 154 g/mol. The van der Waals surface area contributed by atoms with Crippen molar-refractivity contribution in [2.75, 3.05) is 18.8 Å². The molecule has 11 heavy (non-hydrogen) atoms. The number of nitrogens with one attached hydrogen (secondary N) is 1. The highest BCUT2D eigenvalue weighted by Crippen LogP contribution is 2.19. The van der Waals surface area contributed by atoms with E-state index in [1.807, 2.05) is 0 Å². The third-order valence-corrected chi connectivity index (χ3v) is 3.39. The van der Waals surface area contributed by atoms with Crippen LogP contribution in [0.4, 0.5) is 0 Å². The fraction of sp³-hybridized carbons (Fsp3) is 1.00. The van der Waals surface area contributed by atoms with Crippen LogP contribution in [0.15, 0.2) is 0 Å². The Morgan fingerprint density at radius 2 is 2.36 bits per heavy atom. The second-order valence-corrected chi connectivity index (χ2v) is 5.20. The van der Waals surface area contributed by atoms with Gasteiger partial charge in [0.1, 0.15) is 0 Å². The van der Waals surface area contributed by atoms with Gasteiger partial charge in [0.2, 0.25) is 0 Å². The highest BCUT2D eigenvalue weighted by molar-refractivity contribution is 7.99. The number of thioether (sulfide) groups is 1. The zero-order chi connectivity index (χ0) is 8.10. The first-order valence-electron chi connectivity index (χ1n) is 4.61. The molecule has 1 atom stereocenters. The van der Waals surface area contributed by atoms with Gasteiger partial charge in [-0.25, -0.2) is 0 Å². The van der Waals surface area contributed by atoms with Gasteiger partial charge >= 0.3 is 0 Å². The molecule has 0 aromatic rings. The summed E-state index contributed by atoms with van der Waals surface area (Å²) < 4.78 is 0. The summed E-state index contributed by atoms with van der Waals surface area (Å²) >= 11 is 2.10. The van der Waals surface area contributed by atoms with Crippen molar-refractivity contribution in [3.05, 3.63) is 0 Å². The second kappa shape index (κ2) is 5.04. The summed E-state index contributed by atoms with van der Waals surface area (Å²) in [6.45, 7) is 7.05. The lowest BCUT2D eigenvalue weighted by Crippen LogP contribution is -2.31. The first-order chi connectivity index (χ1) is 5.29. The van der Waals surface area contributed by atoms with Gasteiger partial charge in [-0.05, 0) is 42.9 Å². The van der Waals surface area contributed by atoms with E-state index in [1.165, 1.54) is 31.7 Å². The molecule has 0 amide bonds. The van der Waals surface area contributed by atoms with E-state index in [-0.39, 0.29) is 0 Å². The van der Waals surface area contributed by atoms with Crippen LogP contribution in [0.5, 0.6) is 0 Å². The van der Waals surface area contributed by atoms with Gasteiger partial charge in [0.05, 0.1) is 0 Å². The van der Waals surface area contributed by atoms with Crippen molar-refractivity contribution in [3.8, 4) is 0 Å². The predicted molar refractivity (Wildman–Crippen MR) is 53.2 cm³/mol. The zero-order valence-corrected chi connectivity index (χ0v) is 8.41. The Morgan fingerprint density at radius 3 is 2.91 bits per heavy atom. The molecule has 1 nitrogen and oxygen atoms in total. The van der Waals surface area contributed by atoms with E-state index in [2.05, 4.69) is 30.9 Å². The molecule has 1 aliphatic rings. The monoisotopic (exact) mass is 173 g/mol. The number of rotatable bonds is 3. The van der Waals surface area contributed by atoms with E-state index in [0.29, 0.717) is 0 Å². The van der Waals surface area contributed by atoms with Crippen molar-refractivity contribution in [3.63, 3.8) is 0 Å². The van der Waals surface area contributed by atoms with Crippen LogP contribution in [0.1, 0.15) is 26.7 Å². The minimum absolute atomic E-state index is 0.803. The molecule has 1 unspecified atom stereocenters. The summed E-state index contributed by atoms with van der Waals surface area (Å²) in [5, 5.41) is 4.25. The van der Waals surface area contributed by atoms with Crippen LogP contribution >= 0.6 is 11.8 Å². The molecular formula is C9H19NS. The molecule has 0 aromatic carbocycles. The Kier molecular flexibility index (Phi) is 4.31. The molecule has 0 aliphatic carbocycles. The Balaban J connectivity index is 2.05. The van der Waals surface area contributed by atoms with Crippen LogP contribution in [0.25, 0.3) is 0 Å². The lowest BCUT2D eigenvalue weighted by atomic mass is 10.0. The van der Waals surface area contributed by atoms with Crippen LogP contribution in [-0.2, 0) is 0 Å². The Hall–Kier alpha value is 0.310. The smallest absolute Gasteiger partial charge is 0.000957 e. The third-order valence-electron chi connectivity index (χ3n) is 2.06. The predicted octanol–water partition coefficient (Wildman–Crippen LogP) is 2.13. The van der Waals surface area contributed by atoms with E-state index < -0.39 is 0 Å². The second-order valence-electron chi connectivity index (χ2n) is 3.59. The maximum Gasteiger partial charge on any atom is -0.000957 e. The third kappa shape index (κ3) is 4.02. The normalized spacial score (nSPS) is 25.9. The quantitative estimate of drug-likeness (QED) is 0.701. The largest absolute Gasteiger partial charge is 0.316 e. The summed E-state index contributed by atoms with van der Waals surface area (Å²) in [5.41, 5.74) is 0. The standard InChI is InChI=1S/C9H19NS/c1-8(2)11-7-9-4-3-5-10-6-9/h8-10H,3-7H2,1-2H3.